The molecule has 1 heterocycles. The van der Waals surface area contributed by atoms with Gasteiger partial charge in [0.1, 0.15) is 0 Å². The maximum Gasteiger partial charge on any atom is 0.335 e. The lowest BCUT2D eigenvalue weighted by molar-refractivity contribution is 0.429. The summed E-state index contributed by atoms with van der Waals surface area (Å²) in [5.41, 5.74) is 0.874. The monoisotopic (exact) mass is 296 g/mol. The second kappa shape index (κ2) is 5.91. The molecule has 2 N–H and O–H groups in total. The first-order valence-electron chi connectivity index (χ1n) is 6.18. The van der Waals surface area contributed by atoms with Crippen molar-refractivity contribution in [3.63, 3.8) is 0 Å². The first-order chi connectivity index (χ1) is 9.51. The van der Waals surface area contributed by atoms with Gasteiger partial charge >= 0.3 is 6.01 Å². The number of anilines is 2. The standard InChI is InChI=1S/C12H16N4O3S/c1-3-8-13-10-4-6-11(7-5-10)20(17,18)16-12-14-9(2)15-19-12/h4-7,13H,3,8H2,1-2H3,(H,14,15,16). The largest absolute Gasteiger partial charge is 0.385 e. The minimum Gasteiger partial charge on any atom is -0.385 e. The predicted octanol–water partition coefficient (Wildman–Crippen LogP) is 2.00. The second-order valence-electron chi connectivity index (χ2n) is 4.20. The summed E-state index contributed by atoms with van der Waals surface area (Å²) in [5.74, 6) is 0.363. The molecule has 0 saturated heterocycles. The van der Waals surface area contributed by atoms with E-state index < -0.39 is 10.0 Å². The fourth-order valence-corrected chi connectivity index (χ4v) is 2.46. The van der Waals surface area contributed by atoms with Crippen LogP contribution in [-0.2, 0) is 10.0 Å². The van der Waals surface area contributed by atoms with Crippen LogP contribution in [0.25, 0.3) is 0 Å². The average Bonchev–Trinajstić information content (AvgIpc) is 2.81. The van der Waals surface area contributed by atoms with E-state index in [1.54, 1.807) is 19.1 Å². The van der Waals surface area contributed by atoms with Crippen LogP contribution in [0.3, 0.4) is 0 Å². The van der Waals surface area contributed by atoms with Crippen LogP contribution in [0.5, 0.6) is 0 Å². The van der Waals surface area contributed by atoms with E-state index in [9.17, 15) is 8.42 Å². The quantitative estimate of drug-likeness (QED) is 0.846. The van der Waals surface area contributed by atoms with Gasteiger partial charge in [-0.05, 0) is 37.6 Å². The summed E-state index contributed by atoms with van der Waals surface area (Å²) in [6.45, 7) is 4.50. The highest BCUT2D eigenvalue weighted by atomic mass is 32.2. The Morgan fingerprint density at radius 3 is 2.50 bits per heavy atom. The summed E-state index contributed by atoms with van der Waals surface area (Å²) >= 11 is 0. The van der Waals surface area contributed by atoms with Gasteiger partial charge in [-0.25, -0.2) is 13.1 Å². The molecule has 20 heavy (non-hydrogen) atoms. The molecule has 8 heteroatoms. The van der Waals surface area contributed by atoms with E-state index in [1.165, 1.54) is 12.1 Å². The molecular formula is C12H16N4O3S. The van der Waals surface area contributed by atoms with E-state index in [0.29, 0.717) is 5.82 Å². The van der Waals surface area contributed by atoms with Crippen molar-refractivity contribution in [3.8, 4) is 0 Å². The average molecular weight is 296 g/mol. The molecule has 0 aliphatic heterocycles. The molecule has 1 aromatic carbocycles. The van der Waals surface area contributed by atoms with Crippen molar-refractivity contribution in [1.82, 2.24) is 10.1 Å². The lowest BCUT2D eigenvalue weighted by atomic mass is 10.3. The summed E-state index contributed by atoms with van der Waals surface area (Å²) in [7, 11) is -3.71. The molecular weight excluding hydrogens is 280 g/mol. The molecule has 0 spiro atoms. The van der Waals surface area contributed by atoms with Crippen molar-refractivity contribution in [2.75, 3.05) is 16.6 Å². The minimum atomic E-state index is -3.71. The Bertz CT molecular complexity index is 664. The molecule has 0 bridgehead atoms. The fraction of sp³-hybridized carbons (Fsp3) is 0.333. The highest BCUT2D eigenvalue weighted by molar-refractivity contribution is 7.92. The summed E-state index contributed by atoms with van der Waals surface area (Å²) in [5, 5.41) is 6.69. The summed E-state index contributed by atoms with van der Waals surface area (Å²) in [6.07, 6.45) is 0.998. The Hall–Kier alpha value is -2.09. The van der Waals surface area contributed by atoms with Crippen LogP contribution in [-0.4, -0.2) is 25.1 Å². The molecule has 1 aromatic heterocycles. The third kappa shape index (κ3) is 3.47. The first-order valence-corrected chi connectivity index (χ1v) is 7.66. The minimum absolute atomic E-state index is 0.135. The molecule has 0 unspecified atom stereocenters. The molecule has 0 radical (unpaired) electrons. The van der Waals surface area contributed by atoms with Gasteiger partial charge in [-0.3, -0.25) is 0 Å². The van der Waals surface area contributed by atoms with Gasteiger partial charge in [-0.15, -0.1) is 0 Å². The molecule has 2 aromatic rings. The Balaban J connectivity index is 2.13. The highest BCUT2D eigenvalue weighted by Crippen LogP contribution is 2.17. The molecule has 2 rings (SSSR count). The summed E-state index contributed by atoms with van der Waals surface area (Å²) in [6, 6.07) is 6.32. The van der Waals surface area contributed by atoms with Gasteiger partial charge in [0.05, 0.1) is 4.90 Å². The maximum absolute atomic E-state index is 12.1. The summed E-state index contributed by atoms with van der Waals surface area (Å²) < 4.78 is 31.1. The number of hydrogen-bond acceptors (Lipinski definition) is 6. The predicted molar refractivity (Wildman–Crippen MR) is 75.1 cm³/mol. The number of aromatic nitrogens is 2. The van der Waals surface area contributed by atoms with E-state index >= 15 is 0 Å². The van der Waals surface area contributed by atoms with Crippen molar-refractivity contribution in [2.24, 2.45) is 0 Å². The van der Waals surface area contributed by atoms with Gasteiger partial charge in [0.25, 0.3) is 10.0 Å². The Kier molecular flexibility index (Phi) is 4.23. The van der Waals surface area contributed by atoms with Crippen molar-refractivity contribution in [1.29, 1.82) is 0 Å². The van der Waals surface area contributed by atoms with Crippen molar-refractivity contribution in [2.45, 2.75) is 25.2 Å². The topological polar surface area (TPSA) is 97.1 Å². The smallest absolute Gasteiger partial charge is 0.335 e. The number of nitrogens with zero attached hydrogens (tertiary/aromatic N) is 2. The second-order valence-corrected chi connectivity index (χ2v) is 5.89. The number of hydrogen-bond donors (Lipinski definition) is 2. The normalized spacial score (nSPS) is 11.3. The van der Waals surface area contributed by atoms with Gasteiger partial charge in [-0.1, -0.05) is 12.1 Å². The van der Waals surface area contributed by atoms with Crippen LogP contribution < -0.4 is 10.0 Å². The molecule has 0 atom stereocenters. The molecule has 0 aliphatic carbocycles. The number of benzene rings is 1. The van der Waals surface area contributed by atoms with Gasteiger partial charge in [0.15, 0.2) is 5.82 Å². The zero-order chi connectivity index (χ0) is 14.6. The third-order valence-electron chi connectivity index (χ3n) is 2.49. The lowest BCUT2D eigenvalue weighted by Crippen LogP contribution is -2.13. The van der Waals surface area contributed by atoms with E-state index in [0.717, 1.165) is 18.7 Å². The SMILES string of the molecule is CCCNc1ccc(S(=O)(=O)Nc2nc(C)no2)cc1. The zero-order valence-electron chi connectivity index (χ0n) is 11.3. The van der Waals surface area contributed by atoms with Crippen molar-refractivity contribution >= 4 is 21.7 Å². The first kappa shape index (κ1) is 14.3. The van der Waals surface area contributed by atoms with E-state index in [2.05, 4.69) is 27.1 Å². The fourth-order valence-electron chi connectivity index (χ4n) is 1.53. The van der Waals surface area contributed by atoms with E-state index in [4.69, 9.17) is 4.52 Å². The van der Waals surface area contributed by atoms with Crippen LogP contribution in [0.2, 0.25) is 0 Å². The molecule has 7 nitrogen and oxygen atoms in total. The van der Waals surface area contributed by atoms with E-state index in [-0.39, 0.29) is 10.9 Å². The Morgan fingerprint density at radius 1 is 1.25 bits per heavy atom. The molecule has 0 aliphatic rings. The molecule has 108 valence electrons. The molecule has 0 saturated carbocycles. The Morgan fingerprint density at radius 2 is 1.95 bits per heavy atom. The van der Waals surface area contributed by atoms with Gasteiger partial charge in [-0.2, -0.15) is 4.98 Å². The van der Waals surface area contributed by atoms with Crippen LogP contribution in [0, 0.1) is 6.92 Å². The van der Waals surface area contributed by atoms with Crippen molar-refractivity contribution < 1.29 is 12.9 Å². The number of aryl methyl sites for hydroxylation is 1. The Labute approximate surface area is 117 Å². The van der Waals surface area contributed by atoms with E-state index in [1.807, 2.05) is 0 Å². The number of rotatable bonds is 6. The number of nitrogens with one attached hydrogen (secondary N) is 2. The zero-order valence-corrected chi connectivity index (χ0v) is 12.1. The number of sulfonamides is 1. The van der Waals surface area contributed by atoms with Gasteiger partial charge in [0.2, 0.25) is 0 Å². The van der Waals surface area contributed by atoms with Gasteiger partial charge < -0.3 is 9.84 Å². The van der Waals surface area contributed by atoms with Crippen LogP contribution >= 0.6 is 0 Å². The van der Waals surface area contributed by atoms with Crippen LogP contribution in [0.15, 0.2) is 33.7 Å². The lowest BCUT2D eigenvalue weighted by Gasteiger charge is -2.07. The van der Waals surface area contributed by atoms with Crippen molar-refractivity contribution in [3.05, 3.63) is 30.1 Å². The third-order valence-corrected chi connectivity index (χ3v) is 3.83. The maximum atomic E-state index is 12.1. The molecule has 0 fully saturated rings. The van der Waals surface area contributed by atoms with Crippen LogP contribution in [0.4, 0.5) is 11.7 Å². The van der Waals surface area contributed by atoms with Crippen LogP contribution in [0.1, 0.15) is 19.2 Å². The molecule has 0 amide bonds. The summed E-state index contributed by atoms with van der Waals surface area (Å²) in [4.78, 5) is 3.93. The highest BCUT2D eigenvalue weighted by Gasteiger charge is 2.17. The van der Waals surface area contributed by atoms with Gasteiger partial charge in [0, 0.05) is 12.2 Å².